The zero-order valence-electron chi connectivity index (χ0n) is 9.83. The first kappa shape index (κ1) is 11.8. The number of fused-ring (bicyclic) bond motifs is 1. The number of carbonyl (C=O) groups excluding carboxylic acids is 1. The Morgan fingerprint density at radius 2 is 2.28 bits per heavy atom. The highest BCUT2D eigenvalue weighted by Gasteiger charge is 2.26. The van der Waals surface area contributed by atoms with Gasteiger partial charge >= 0.3 is 0 Å². The number of nitrogens with one attached hydrogen (secondary N) is 1. The summed E-state index contributed by atoms with van der Waals surface area (Å²) in [7, 11) is 1.61. The highest BCUT2D eigenvalue weighted by atomic mass is 35.5. The Kier molecular flexibility index (Phi) is 2.92. The number of thiophene rings is 1. The number of halogens is 1. The first-order chi connectivity index (χ1) is 8.69. The van der Waals surface area contributed by atoms with Gasteiger partial charge in [-0.05, 0) is 31.0 Å². The monoisotopic (exact) mass is 281 g/mol. The van der Waals surface area contributed by atoms with Crippen LogP contribution in [0.15, 0.2) is 18.2 Å². The fourth-order valence-corrected chi connectivity index (χ4v) is 3.19. The number of methoxy groups -OCH3 is 1. The van der Waals surface area contributed by atoms with Crippen molar-refractivity contribution in [1.82, 2.24) is 5.32 Å². The molecule has 0 atom stereocenters. The Labute approximate surface area is 114 Å². The van der Waals surface area contributed by atoms with Gasteiger partial charge in [0, 0.05) is 16.1 Å². The lowest BCUT2D eigenvalue weighted by Crippen LogP contribution is -2.24. The molecule has 1 aliphatic rings. The third-order valence-electron chi connectivity index (χ3n) is 2.95. The van der Waals surface area contributed by atoms with Crippen LogP contribution in [0.1, 0.15) is 22.5 Å². The molecule has 1 heterocycles. The van der Waals surface area contributed by atoms with Crippen molar-refractivity contribution in [2.45, 2.75) is 18.9 Å². The number of hydrogen-bond acceptors (Lipinski definition) is 3. The predicted octanol–water partition coefficient (Wildman–Crippen LogP) is 3.46. The molecule has 1 fully saturated rings. The van der Waals surface area contributed by atoms with Crippen molar-refractivity contribution in [3.63, 3.8) is 0 Å². The smallest absolute Gasteiger partial charge is 0.263 e. The first-order valence-corrected chi connectivity index (χ1v) is 6.95. The highest BCUT2D eigenvalue weighted by molar-refractivity contribution is 7.21. The summed E-state index contributed by atoms with van der Waals surface area (Å²) in [6.07, 6.45) is 2.14. The Hall–Kier alpha value is -1.26. The van der Waals surface area contributed by atoms with E-state index in [9.17, 15) is 4.79 Å². The second-order valence-corrected chi connectivity index (χ2v) is 5.79. The molecule has 2 aromatic rings. The van der Waals surface area contributed by atoms with Crippen LogP contribution in [0.5, 0.6) is 5.75 Å². The molecule has 0 spiro atoms. The topological polar surface area (TPSA) is 38.3 Å². The van der Waals surface area contributed by atoms with Crippen LogP contribution in [0.3, 0.4) is 0 Å². The lowest BCUT2D eigenvalue weighted by molar-refractivity contribution is 0.0955. The average Bonchev–Trinajstić information content (AvgIpc) is 3.13. The predicted molar refractivity (Wildman–Crippen MR) is 73.9 cm³/mol. The third kappa shape index (κ3) is 2.06. The summed E-state index contributed by atoms with van der Waals surface area (Å²) in [5, 5.41) is 4.35. The van der Waals surface area contributed by atoms with Crippen molar-refractivity contribution >= 4 is 38.9 Å². The van der Waals surface area contributed by atoms with Crippen LogP contribution < -0.4 is 10.1 Å². The van der Waals surface area contributed by atoms with Gasteiger partial charge in [-0.1, -0.05) is 11.6 Å². The Bertz CT molecular complexity index is 619. The van der Waals surface area contributed by atoms with Crippen molar-refractivity contribution in [3.8, 4) is 5.75 Å². The second kappa shape index (κ2) is 4.44. The number of rotatable bonds is 3. The van der Waals surface area contributed by atoms with E-state index in [4.69, 9.17) is 16.3 Å². The van der Waals surface area contributed by atoms with Gasteiger partial charge in [-0.3, -0.25) is 4.79 Å². The molecule has 1 N–H and O–H groups in total. The summed E-state index contributed by atoms with van der Waals surface area (Å²) in [5.74, 6) is 0.680. The molecule has 1 aromatic heterocycles. The van der Waals surface area contributed by atoms with Gasteiger partial charge in [0.05, 0.1) is 12.1 Å². The molecule has 1 aromatic carbocycles. The fraction of sp³-hybridized carbons (Fsp3) is 0.308. The molecule has 1 amide bonds. The van der Waals surface area contributed by atoms with Crippen molar-refractivity contribution in [2.75, 3.05) is 7.11 Å². The molecule has 0 unspecified atom stereocenters. The molecule has 0 bridgehead atoms. The van der Waals surface area contributed by atoms with E-state index in [1.807, 2.05) is 18.2 Å². The van der Waals surface area contributed by atoms with Crippen LogP contribution in [0, 0.1) is 0 Å². The van der Waals surface area contributed by atoms with Crippen LogP contribution in [0.25, 0.3) is 10.1 Å². The number of carbonyl (C=O) groups is 1. The largest absolute Gasteiger partial charge is 0.497 e. The molecule has 3 nitrogen and oxygen atoms in total. The van der Waals surface area contributed by atoms with E-state index in [0.29, 0.717) is 15.9 Å². The molecule has 3 rings (SSSR count). The Morgan fingerprint density at radius 1 is 1.50 bits per heavy atom. The Balaban J connectivity index is 2.01. The molecule has 1 aliphatic carbocycles. The fourth-order valence-electron chi connectivity index (χ4n) is 1.80. The van der Waals surface area contributed by atoms with E-state index in [0.717, 1.165) is 28.7 Å². The maximum atomic E-state index is 12.0. The normalized spacial score (nSPS) is 14.8. The summed E-state index contributed by atoms with van der Waals surface area (Å²) in [4.78, 5) is 12.6. The van der Waals surface area contributed by atoms with Gasteiger partial charge in [0.25, 0.3) is 5.91 Å². The number of benzene rings is 1. The summed E-state index contributed by atoms with van der Waals surface area (Å²) < 4.78 is 6.17. The minimum Gasteiger partial charge on any atom is -0.497 e. The van der Waals surface area contributed by atoms with Crippen molar-refractivity contribution < 1.29 is 9.53 Å². The summed E-state index contributed by atoms with van der Waals surface area (Å²) in [6, 6.07) is 6.01. The van der Waals surface area contributed by atoms with Crippen LogP contribution in [-0.4, -0.2) is 19.1 Å². The van der Waals surface area contributed by atoms with Gasteiger partial charge in [0.15, 0.2) is 0 Å². The second-order valence-electron chi connectivity index (χ2n) is 4.35. The Morgan fingerprint density at radius 3 is 2.94 bits per heavy atom. The van der Waals surface area contributed by atoms with Crippen LogP contribution in [0.4, 0.5) is 0 Å². The molecule has 0 saturated heterocycles. The maximum Gasteiger partial charge on any atom is 0.263 e. The molecule has 94 valence electrons. The van der Waals surface area contributed by atoms with Gasteiger partial charge in [-0.25, -0.2) is 0 Å². The van der Waals surface area contributed by atoms with Crippen molar-refractivity contribution in [3.05, 3.63) is 28.1 Å². The SMILES string of the molecule is COc1ccc2sc(C(=O)NC3CC3)c(Cl)c2c1. The summed E-state index contributed by atoms with van der Waals surface area (Å²) >= 11 is 7.70. The standard InChI is InChI=1S/C13H12ClNO2S/c1-17-8-4-5-10-9(6-8)11(14)12(18-10)13(16)15-7-2-3-7/h4-7H,2-3H2,1H3,(H,15,16). The van der Waals surface area contributed by atoms with Gasteiger partial charge in [-0.15, -0.1) is 11.3 Å². The van der Waals surface area contributed by atoms with Crippen molar-refractivity contribution in [2.24, 2.45) is 0 Å². The quantitative estimate of drug-likeness (QED) is 0.936. The molecule has 18 heavy (non-hydrogen) atoms. The molecule has 1 saturated carbocycles. The summed E-state index contributed by atoms with van der Waals surface area (Å²) in [5.41, 5.74) is 0. The third-order valence-corrected chi connectivity index (χ3v) is 4.63. The number of hydrogen-bond donors (Lipinski definition) is 1. The molecular formula is C13H12ClNO2S. The zero-order valence-corrected chi connectivity index (χ0v) is 11.4. The van der Waals surface area contributed by atoms with Gasteiger partial charge in [0.2, 0.25) is 0 Å². The van der Waals surface area contributed by atoms with Crippen LogP contribution >= 0.6 is 22.9 Å². The lowest BCUT2D eigenvalue weighted by atomic mass is 10.2. The van der Waals surface area contributed by atoms with Gasteiger partial charge < -0.3 is 10.1 Å². The minimum absolute atomic E-state index is 0.0670. The summed E-state index contributed by atoms with van der Waals surface area (Å²) in [6.45, 7) is 0. The van der Waals surface area contributed by atoms with E-state index in [1.54, 1.807) is 7.11 Å². The van der Waals surface area contributed by atoms with E-state index < -0.39 is 0 Å². The molecular weight excluding hydrogens is 270 g/mol. The van der Waals surface area contributed by atoms with E-state index >= 15 is 0 Å². The maximum absolute atomic E-state index is 12.0. The minimum atomic E-state index is -0.0670. The molecule has 0 radical (unpaired) electrons. The molecule has 5 heteroatoms. The average molecular weight is 282 g/mol. The van der Waals surface area contributed by atoms with Gasteiger partial charge in [-0.2, -0.15) is 0 Å². The van der Waals surface area contributed by atoms with E-state index in [1.165, 1.54) is 11.3 Å². The van der Waals surface area contributed by atoms with Gasteiger partial charge in [0.1, 0.15) is 10.6 Å². The van der Waals surface area contributed by atoms with Crippen LogP contribution in [-0.2, 0) is 0 Å². The number of amides is 1. The van der Waals surface area contributed by atoms with Crippen LogP contribution in [0.2, 0.25) is 5.02 Å². The van der Waals surface area contributed by atoms with E-state index in [2.05, 4.69) is 5.32 Å². The lowest BCUT2D eigenvalue weighted by Gasteiger charge is -2.00. The molecule has 0 aliphatic heterocycles. The zero-order chi connectivity index (χ0) is 12.7. The van der Waals surface area contributed by atoms with Crippen molar-refractivity contribution in [1.29, 1.82) is 0 Å². The van der Waals surface area contributed by atoms with E-state index in [-0.39, 0.29) is 5.91 Å². The highest BCUT2D eigenvalue weighted by Crippen LogP contribution is 2.37. The first-order valence-electron chi connectivity index (χ1n) is 5.76. The number of ether oxygens (including phenoxy) is 1.